The molecule has 3 aliphatic rings. The zero-order valence-corrected chi connectivity index (χ0v) is 13.5. The van der Waals surface area contributed by atoms with E-state index in [0.717, 1.165) is 38.3 Å². The predicted molar refractivity (Wildman–Crippen MR) is 85.3 cm³/mol. The second kappa shape index (κ2) is 7.44. The molecule has 1 saturated heterocycles. The van der Waals surface area contributed by atoms with Gasteiger partial charge in [0.1, 0.15) is 0 Å². The first-order valence-corrected chi connectivity index (χ1v) is 9.01. The van der Waals surface area contributed by atoms with Crippen LogP contribution in [0.1, 0.15) is 51.4 Å². The van der Waals surface area contributed by atoms with E-state index >= 15 is 0 Å². The summed E-state index contributed by atoms with van der Waals surface area (Å²) < 4.78 is 0. The third kappa shape index (κ3) is 4.45. The maximum absolute atomic E-state index is 12.5. The number of hydrogen-bond donors (Lipinski definition) is 2. The number of carbonyl (C=O) groups excluding carboxylic acids is 2. The lowest BCUT2D eigenvalue weighted by molar-refractivity contribution is -0.135. The molecule has 0 radical (unpaired) electrons. The van der Waals surface area contributed by atoms with E-state index in [1.165, 1.54) is 32.1 Å². The molecule has 0 spiro atoms. The fraction of sp³-hybridized carbons (Fsp3) is 0.882. The molecule has 3 rings (SSSR count). The molecule has 1 unspecified atom stereocenters. The number of nitrogens with one attached hydrogen (secondary N) is 2. The van der Waals surface area contributed by atoms with Crippen molar-refractivity contribution in [1.82, 2.24) is 15.5 Å². The highest BCUT2D eigenvalue weighted by molar-refractivity contribution is 5.80. The highest BCUT2D eigenvalue weighted by Gasteiger charge is 2.32. The van der Waals surface area contributed by atoms with E-state index in [9.17, 15) is 9.59 Å². The highest BCUT2D eigenvalue weighted by Crippen LogP contribution is 2.27. The lowest BCUT2D eigenvalue weighted by Crippen LogP contribution is -2.43. The van der Waals surface area contributed by atoms with Gasteiger partial charge in [0.25, 0.3) is 0 Å². The molecular weight excluding hydrogens is 278 g/mol. The van der Waals surface area contributed by atoms with Crippen molar-refractivity contribution in [1.29, 1.82) is 0 Å². The summed E-state index contributed by atoms with van der Waals surface area (Å²) in [4.78, 5) is 26.4. The number of nitrogens with zero attached hydrogens (tertiary/aromatic N) is 1. The Morgan fingerprint density at radius 1 is 1.00 bits per heavy atom. The summed E-state index contributed by atoms with van der Waals surface area (Å²) in [6.07, 6.45) is 9.26. The summed E-state index contributed by atoms with van der Waals surface area (Å²) >= 11 is 0. The number of rotatable bonds is 6. The van der Waals surface area contributed by atoms with Gasteiger partial charge in [0.2, 0.25) is 11.8 Å². The Bertz CT molecular complexity index is 403. The summed E-state index contributed by atoms with van der Waals surface area (Å²) in [5.41, 5.74) is 0. The Balaban J connectivity index is 1.35. The van der Waals surface area contributed by atoms with Crippen molar-refractivity contribution in [3.8, 4) is 0 Å². The summed E-state index contributed by atoms with van der Waals surface area (Å²) in [6, 6.07) is 0.141. The molecule has 3 fully saturated rings. The van der Waals surface area contributed by atoms with Crippen LogP contribution >= 0.6 is 0 Å². The number of likely N-dealkylation sites (tertiary alicyclic amines) is 1. The molecule has 1 aliphatic heterocycles. The van der Waals surface area contributed by atoms with Gasteiger partial charge in [0, 0.05) is 25.0 Å². The van der Waals surface area contributed by atoms with Crippen molar-refractivity contribution in [3.63, 3.8) is 0 Å². The van der Waals surface area contributed by atoms with Gasteiger partial charge >= 0.3 is 0 Å². The van der Waals surface area contributed by atoms with Gasteiger partial charge in [-0.05, 0) is 44.6 Å². The van der Waals surface area contributed by atoms with Gasteiger partial charge in [-0.25, -0.2) is 0 Å². The third-order valence-corrected chi connectivity index (χ3v) is 5.23. The van der Waals surface area contributed by atoms with Crippen LogP contribution in [-0.4, -0.2) is 48.9 Å². The van der Waals surface area contributed by atoms with Crippen molar-refractivity contribution in [2.24, 2.45) is 11.8 Å². The van der Waals surface area contributed by atoms with Crippen molar-refractivity contribution >= 4 is 11.8 Å². The molecular formula is C17H29N3O2. The van der Waals surface area contributed by atoms with Crippen LogP contribution in [0.3, 0.4) is 0 Å². The Hall–Kier alpha value is -1.10. The molecule has 0 aromatic carbocycles. The second-order valence-electron chi connectivity index (χ2n) is 7.25. The van der Waals surface area contributed by atoms with Crippen molar-refractivity contribution in [3.05, 3.63) is 0 Å². The minimum atomic E-state index is 0.0672. The number of amides is 2. The zero-order chi connectivity index (χ0) is 15.4. The van der Waals surface area contributed by atoms with Gasteiger partial charge < -0.3 is 15.5 Å². The fourth-order valence-electron chi connectivity index (χ4n) is 3.68. The monoisotopic (exact) mass is 307 g/mol. The van der Waals surface area contributed by atoms with Crippen LogP contribution in [0.5, 0.6) is 0 Å². The summed E-state index contributed by atoms with van der Waals surface area (Å²) in [5.74, 6) is 1.42. The minimum Gasteiger partial charge on any atom is -0.350 e. The Kier molecular flexibility index (Phi) is 5.34. The molecule has 124 valence electrons. The van der Waals surface area contributed by atoms with E-state index in [1.807, 2.05) is 4.90 Å². The van der Waals surface area contributed by atoms with Crippen LogP contribution in [0.25, 0.3) is 0 Å². The summed E-state index contributed by atoms with van der Waals surface area (Å²) in [6.45, 7) is 2.87. The maximum atomic E-state index is 12.5. The molecule has 2 amide bonds. The molecule has 0 bridgehead atoms. The largest absolute Gasteiger partial charge is 0.350 e. The Labute approximate surface area is 133 Å². The molecule has 0 aromatic rings. The average Bonchev–Trinajstić information content (AvgIpc) is 3.24. The smallest absolute Gasteiger partial charge is 0.234 e. The molecule has 1 heterocycles. The Morgan fingerprint density at radius 3 is 2.50 bits per heavy atom. The van der Waals surface area contributed by atoms with Crippen LogP contribution in [0.15, 0.2) is 0 Å². The van der Waals surface area contributed by atoms with Crippen LogP contribution in [0.4, 0.5) is 0 Å². The van der Waals surface area contributed by atoms with Crippen molar-refractivity contribution < 1.29 is 9.59 Å². The minimum absolute atomic E-state index is 0.0672. The molecule has 0 aromatic heterocycles. The Morgan fingerprint density at radius 2 is 1.77 bits per heavy atom. The summed E-state index contributed by atoms with van der Waals surface area (Å²) in [5, 5.41) is 6.28. The van der Waals surface area contributed by atoms with Gasteiger partial charge in [0.05, 0.1) is 6.54 Å². The van der Waals surface area contributed by atoms with Gasteiger partial charge in [0.15, 0.2) is 0 Å². The first-order valence-electron chi connectivity index (χ1n) is 9.01. The van der Waals surface area contributed by atoms with E-state index in [2.05, 4.69) is 10.6 Å². The molecule has 22 heavy (non-hydrogen) atoms. The average molecular weight is 307 g/mol. The topological polar surface area (TPSA) is 61.4 Å². The fourth-order valence-corrected chi connectivity index (χ4v) is 3.68. The van der Waals surface area contributed by atoms with E-state index < -0.39 is 0 Å². The molecule has 2 N–H and O–H groups in total. The SMILES string of the molecule is O=C(CNCC1CC1)NC1CCN(C(=O)C2CCCCC2)C1. The van der Waals surface area contributed by atoms with Crippen LogP contribution in [0.2, 0.25) is 0 Å². The van der Waals surface area contributed by atoms with E-state index in [4.69, 9.17) is 0 Å². The first-order chi connectivity index (χ1) is 10.7. The lowest BCUT2D eigenvalue weighted by atomic mass is 9.88. The summed E-state index contributed by atoms with van der Waals surface area (Å²) in [7, 11) is 0. The molecule has 1 atom stereocenters. The zero-order valence-electron chi connectivity index (χ0n) is 13.5. The van der Waals surface area contributed by atoms with Gasteiger partial charge in [-0.2, -0.15) is 0 Å². The third-order valence-electron chi connectivity index (χ3n) is 5.23. The molecule has 2 aliphatic carbocycles. The second-order valence-corrected chi connectivity index (χ2v) is 7.25. The number of hydrogen-bond acceptors (Lipinski definition) is 3. The van der Waals surface area contributed by atoms with Gasteiger partial charge in [-0.3, -0.25) is 9.59 Å². The van der Waals surface area contributed by atoms with Gasteiger partial charge in [-0.1, -0.05) is 19.3 Å². The van der Waals surface area contributed by atoms with E-state index in [0.29, 0.717) is 19.0 Å². The lowest BCUT2D eigenvalue weighted by Gasteiger charge is -2.26. The van der Waals surface area contributed by atoms with Crippen LogP contribution < -0.4 is 10.6 Å². The molecule has 5 heteroatoms. The quantitative estimate of drug-likeness (QED) is 0.777. The van der Waals surface area contributed by atoms with Crippen molar-refractivity contribution in [2.75, 3.05) is 26.2 Å². The first kappa shape index (κ1) is 15.8. The van der Waals surface area contributed by atoms with Gasteiger partial charge in [-0.15, -0.1) is 0 Å². The standard InChI is InChI=1S/C17H29N3O2/c21-16(11-18-10-13-6-7-13)19-15-8-9-20(12-15)17(22)14-4-2-1-3-5-14/h13-15,18H,1-12H2,(H,19,21). The van der Waals surface area contributed by atoms with Crippen molar-refractivity contribution in [2.45, 2.75) is 57.4 Å². The maximum Gasteiger partial charge on any atom is 0.234 e. The molecule has 5 nitrogen and oxygen atoms in total. The molecule has 2 saturated carbocycles. The highest BCUT2D eigenvalue weighted by atomic mass is 16.2. The van der Waals surface area contributed by atoms with E-state index in [-0.39, 0.29) is 17.9 Å². The van der Waals surface area contributed by atoms with Crippen LogP contribution in [-0.2, 0) is 9.59 Å². The normalized spacial score (nSPS) is 26.2. The predicted octanol–water partition coefficient (Wildman–Crippen LogP) is 1.28. The van der Waals surface area contributed by atoms with Crippen LogP contribution in [0, 0.1) is 11.8 Å². The number of carbonyl (C=O) groups is 2. The van der Waals surface area contributed by atoms with E-state index in [1.54, 1.807) is 0 Å².